The van der Waals surface area contributed by atoms with Gasteiger partial charge in [-0.25, -0.2) is 4.39 Å². The molecule has 1 aliphatic heterocycles. The number of nitrogens with one attached hydrogen (secondary N) is 1. The van der Waals surface area contributed by atoms with Gasteiger partial charge >= 0.3 is 6.18 Å². The van der Waals surface area contributed by atoms with E-state index in [1.165, 1.54) is 24.3 Å². The van der Waals surface area contributed by atoms with E-state index in [0.717, 1.165) is 23.8 Å². The second-order valence-electron chi connectivity index (χ2n) is 8.56. The summed E-state index contributed by atoms with van der Waals surface area (Å²) in [5.74, 6) is -1.18. The van der Waals surface area contributed by atoms with Crippen LogP contribution in [0.5, 0.6) is 11.5 Å². The molecule has 0 radical (unpaired) electrons. The number of ether oxygens (including phenoxy) is 2. The van der Waals surface area contributed by atoms with Crippen molar-refractivity contribution in [3.8, 4) is 11.5 Å². The van der Waals surface area contributed by atoms with Gasteiger partial charge in [-0.15, -0.1) is 0 Å². The maximum atomic E-state index is 13.2. The van der Waals surface area contributed by atoms with Crippen LogP contribution in [-0.2, 0) is 22.4 Å². The fraction of sp³-hybridized carbons (Fsp3) is 0.179. The second-order valence-corrected chi connectivity index (χ2v) is 10.4. The highest BCUT2D eigenvalue weighted by Crippen LogP contribution is 2.38. The molecule has 214 valence electrons. The maximum absolute atomic E-state index is 13.2. The predicted octanol–water partition coefficient (Wildman–Crippen LogP) is 7.26. The van der Waals surface area contributed by atoms with E-state index in [9.17, 15) is 31.9 Å². The highest BCUT2D eigenvalue weighted by atomic mass is 79.9. The van der Waals surface area contributed by atoms with Crippen molar-refractivity contribution >= 4 is 56.5 Å². The van der Waals surface area contributed by atoms with Crippen LogP contribution in [0, 0.1) is 5.82 Å². The Morgan fingerprint density at radius 2 is 1.76 bits per heavy atom. The molecule has 1 fully saturated rings. The van der Waals surface area contributed by atoms with Gasteiger partial charge in [0.1, 0.15) is 19.0 Å². The first-order valence-corrected chi connectivity index (χ1v) is 13.6. The van der Waals surface area contributed by atoms with Gasteiger partial charge in [0.2, 0.25) is 5.91 Å². The van der Waals surface area contributed by atoms with Crippen LogP contribution in [0.2, 0.25) is 0 Å². The number of hydrogen-bond donors (Lipinski definition) is 1. The molecule has 0 unspecified atom stereocenters. The zero-order valence-corrected chi connectivity index (χ0v) is 23.7. The van der Waals surface area contributed by atoms with Crippen molar-refractivity contribution in [3.05, 3.63) is 92.5 Å². The molecule has 0 bridgehead atoms. The van der Waals surface area contributed by atoms with E-state index in [0.29, 0.717) is 44.8 Å². The van der Waals surface area contributed by atoms with Crippen LogP contribution in [0.4, 0.5) is 28.0 Å². The molecular weight excluding hydrogens is 632 g/mol. The van der Waals surface area contributed by atoms with Crippen molar-refractivity contribution < 1.29 is 41.4 Å². The molecule has 13 heteroatoms. The third-order valence-corrected chi connectivity index (χ3v) is 7.20. The zero-order chi connectivity index (χ0) is 29.7. The molecule has 3 aromatic rings. The number of anilines is 1. The van der Waals surface area contributed by atoms with Gasteiger partial charge in [0.25, 0.3) is 11.1 Å². The van der Waals surface area contributed by atoms with Crippen LogP contribution in [0.3, 0.4) is 0 Å². The lowest BCUT2D eigenvalue weighted by molar-refractivity contribution is -0.137. The molecule has 3 aromatic carbocycles. The Kier molecular flexibility index (Phi) is 9.38. The minimum absolute atomic E-state index is 0.0324. The molecular formula is C28H21BrF4N2O5S. The van der Waals surface area contributed by atoms with Crippen molar-refractivity contribution in [2.24, 2.45) is 0 Å². The molecule has 41 heavy (non-hydrogen) atoms. The minimum Gasteiger partial charge on any atom is -0.490 e. The van der Waals surface area contributed by atoms with Crippen LogP contribution < -0.4 is 14.8 Å². The highest BCUT2D eigenvalue weighted by Gasteiger charge is 2.37. The van der Waals surface area contributed by atoms with Gasteiger partial charge in [-0.1, -0.05) is 34.1 Å². The lowest BCUT2D eigenvalue weighted by atomic mass is 10.1. The normalized spacial score (nSPS) is 14.5. The fourth-order valence-electron chi connectivity index (χ4n) is 3.68. The molecule has 0 saturated carbocycles. The largest absolute Gasteiger partial charge is 0.490 e. The third kappa shape index (κ3) is 7.67. The number of imide groups is 1. The SMILES string of the molecule is CCOc1cc(/C=C2\SC(=O)N(CC(=O)Nc3cccc(C(F)(F)F)c3)C2=O)c(Br)cc1OCc1ccc(F)cc1. The molecule has 0 atom stereocenters. The number of rotatable bonds is 9. The van der Waals surface area contributed by atoms with Crippen LogP contribution >= 0.6 is 27.7 Å². The Labute approximate surface area is 244 Å². The van der Waals surface area contributed by atoms with Gasteiger partial charge in [-0.3, -0.25) is 19.3 Å². The van der Waals surface area contributed by atoms with Gasteiger partial charge in [0.15, 0.2) is 11.5 Å². The number of thioether (sulfide) groups is 1. The first kappa shape index (κ1) is 30.1. The molecule has 0 aromatic heterocycles. The topological polar surface area (TPSA) is 84.9 Å². The van der Waals surface area contributed by atoms with E-state index >= 15 is 0 Å². The lowest BCUT2D eigenvalue weighted by Gasteiger charge is -2.14. The van der Waals surface area contributed by atoms with Gasteiger partial charge in [0.05, 0.1) is 17.1 Å². The standard InChI is InChI=1S/C28H21BrF4N2O5S/c1-2-39-22-10-17(21(29)13-23(22)40-15-16-6-8-19(30)9-7-16)11-24-26(37)35(27(38)41-24)14-25(36)34-20-5-3-4-18(12-20)28(31,32)33/h3-13H,2,14-15H2,1H3,(H,34,36)/b24-11-. The summed E-state index contributed by atoms with van der Waals surface area (Å²) in [7, 11) is 0. The van der Waals surface area contributed by atoms with Gasteiger partial charge in [-0.05, 0) is 78.4 Å². The second kappa shape index (κ2) is 12.8. The Morgan fingerprint density at radius 1 is 1.05 bits per heavy atom. The quantitative estimate of drug-likeness (QED) is 0.193. The van der Waals surface area contributed by atoms with Crippen molar-refractivity contribution in [1.29, 1.82) is 0 Å². The van der Waals surface area contributed by atoms with Crippen LogP contribution in [0.15, 0.2) is 70.0 Å². The molecule has 1 aliphatic rings. The number of alkyl halides is 3. The van der Waals surface area contributed by atoms with Crippen molar-refractivity contribution in [3.63, 3.8) is 0 Å². The predicted molar refractivity (Wildman–Crippen MR) is 149 cm³/mol. The smallest absolute Gasteiger partial charge is 0.416 e. The van der Waals surface area contributed by atoms with Gasteiger partial charge in [-0.2, -0.15) is 13.2 Å². The molecule has 0 spiro atoms. The van der Waals surface area contributed by atoms with Crippen LogP contribution in [0.25, 0.3) is 6.08 Å². The fourth-order valence-corrected chi connectivity index (χ4v) is 4.95. The van der Waals surface area contributed by atoms with E-state index in [-0.39, 0.29) is 23.0 Å². The maximum Gasteiger partial charge on any atom is 0.416 e. The number of amides is 3. The van der Waals surface area contributed by atoms with E-state index in [4.69, 9.17) is 9.47 Å². The number of nitrogens with zero attached hydrogens (tertiary/aromatic N) is 1. The number of halogens is 5. The van der Waals surface area contributed by atoms with E-state index in [1.54, 1.807) is 31.2 Å². The minimum atomic E-state index is -4.60. The summed E-state index contributed by atoms with van der Waals surface area (Å²) < 4.78 is 64.1. The van der Waals surface area contributed by atoms with E-state index in [1.807, 2.05) is 0 Å². The van der Waals surface area contributed by atoms with Crippen molar-refractivity contribution in [1.82, 2.24) is 4.90 Å². The highest BCUT2D eigenvalue weighted by molar-refractivity contribution is 9.10. The number of hydrogen-bond acceptors (Lipinski definition) is 6. The summed E-state index contributed by atoms with van der Waals surface area (Å²) in [6, 6.07) is 13.1. The average Bonchev–Trinajstić information content (AvgIpc) is 3.17. The zero-order valence-electron chi connectivity index (χ0n) is 21.3. The summed E-state index contributed by atoms with van der Waals surface area (Å²) in [4.78, 5) is 38.7. The third-order valence-electron chi connectivity index (χ3n) is 5.61. The first-order chi connectivity index (χ1) is 19.4. The molecule has 1 heterocycles. The Morgan fingerprint density at radius 3 is 2.44 bits per heavy atom. The first-order valence-electron chi connectivity index (χ1n) is 12.0. The summed E-state index contributed by atoms with van der Waals surface area (Å²) in [5, 5.41) is 1.57. The summed E-state index contributed by atoms with van der Waals surface area (Å²) in [5.41, 5.74) is 0.149. The number of carbonyl (C=O) groups is 3. The lowest BCUT2D eigenvalue weighted by Crippen LogP contribution is -2.36. The molecule has 4 rings (SSSR count). The number of benzene rings is 3. The monoisotopic (exact) mass is 652 g/mol. The summed E-state index contributed by atoms with van der Waals surface area (Å²) >= 11 is 4.05. The van der Waals surface area contributed by atoms with Gasteiger partial charge < -0.3 is 14.8 Å². The summed E-state index contributed by atoms with van der Waals surface area (Å²) in [6.07, 6.45) is -3.15. The molecule has 3 amide bonds. The molecule has 0 aliphatic carbocycles. The number of carbonyl (C=O) groups excluding carboxylic acids is 3. The van der Waals surface area contributed by atoms with Crippen molar-refractivity contribution in [2.45, 2.75) is 19.7 Å². The molecule has 1 saturated heterocycles. The molecule has 1 N–H and O–H groups in total. The Balaban J connectivity index is 1.47. The van der Waals surface area contributed by atoms with Crippen LogP contribution in [0.1, 0.15) is 23.6 Å². The van der Waals surface area contributed by atoms with E-state index in [2.05, 4.69) is 21.2 Å². The van der Waals surface area contributed by atoms with E-state index < -0.39 is 35.3 Å². The Hall–Kier alpha value is -3.84. The summed E-state index contributed by atoms with van der Waals surface area (Å²) in [6.45, 7) is 1.56. The average molecular weight is 653 g/mol. The molecule has 7 nitrogen and oxygen atoms in total. The van der Waals surface area contributed by atoms with Crippen LogP contribution in [-0.4, -0.2) is 35.1 Å². The van der Waals surface area contributed by atoms with Gasteiger partial charge in [0, 0.05) is 10.2 Å². The Bertz CT molecular complexity index is 1510. The van der Waals surface area contributed by atoms with Crippen molar-refractivity contribution in [2.75, 3.05) is 18.5 Å².